The molecule has 1 fully saturated rings. The van der Waals surface area contributed by atoms with Crippen LogP contribution in [0.2, 0.25) is 0 Å². The number of piperidine rings is 1. The van der Waals surface area contributed by atoms with E-state index in [0.29, 0.717) is 36.9 Å². The van der Waals surface area contributed by atoms with Crippen LogP contribution in [0, 0.1) is 0 Å². The number of rotatable bonds is 6. The Balaban J connectivity index is 1.68. The summed E-state index contributed by atoms with van der Waals surface area (Å²) in [5, 5.41) is 0. The van der Waals surface area contributed by atoms with Crippen LogP contribution in [0.5, 0.6) is 5.75 Å². The Labute approximate surface area is 133 Å². The van der Waals surface area contributed by atoms with Crippen LogP contribution in [-0.2, 0) is 4.79 Å². The average molecular weight is 305 g/mol. The summed E-state index contributed by atoms with van der Waals surface area (Å²) in [6, 6.07) is 7.82. The average Bonchev–Trinajstić information content (AvgIpc) is 2.53. The largest absolute Gasteiger partial charge is 0.491 e. The number of anilines is 1. The molecule has 1 amide bonds. The SMILES string of the molecule is CN1CCC(N(C)C(=O)CCCOc2ccccc2N)CC1. The molecular weight excluding hydrogens is 278 g/mol. The summed E-state index contributed by atoms with van der Waals surface area (Å²) >= 11 is 0. The van der Waals surface area contributed by atoms with Crippen LogP contribution < -0.4 is 10.5 Å². The highest BCUT2D eigenvalue weighted by Gasteiger charge is 2.23. The van der Waals surface area contributed by atoms with Crippen molar-refractivity contribution in [2.45, 2.75) is 31.7 Å². The van der Waals surface area contributed by atoms with Crippen molar-refractivity contribution >= 4 is 11.6 Å². The van der Waals surface area contributed by atoms with Gasteiger partial charge in [-0.1, -0.05) is 12.1 Å². The number of likely N-dealkylation sites (tertiary alicyclic amines) is 1. The third-order valence-electron chi connectivity index (χ3n) is 4.34. The van der Waals surface area contributed by atoms with Crippen LogP contribution >= 0.6 is 0 Å². The zero-order chi connectivity index (χ0) is 15.9. The first-order valence-electron chi connectivity index (χ1n) is 7.99. The normalized spacial score (nSPS) is 16.5. The van der Waals surface area contributed by atoms with Crippen LogP contribution in [0.1, 0.15) is 25.7 Å². The van der Waals surface area contributed by atoms with E-state index in [4.69, 9.17) is 10.5 Å². The minimum Gasteiger partial charge on any atom is -0.491 e. The molecule has 0 aromatic heterocycles. The molecule has 0 unspecified atom stereocenters. The molecule has 5 heteroatoms. The number of hydrogen-bond acceptors (Lipinski definition) is 4. The summed E-state index contributed by atoms with van der Waals surface area (Å²) in [6.45, 7) is 2.65. The van der Waals surface area contributed by atoms with Crippen LogP contribution in [0.4, 0.5) is 5.69 Å². The molecule has 0 bridgehead atoms. The molecule has 0 radical (unpaired) electrons. The molecule has 0 spiro atoms. The van der Waals surface area contributed by atoms with Crippen molar-refractivity contribution in [2.75, 3.05) is 39.5 Å². The number of nitrogen functional groups attached to an aromatic ring is 1. The fourth-order valence-electron chi connectivity index (χ4n) is 2.78. The lowest BCUT2D eigenvalue weighted by molar-refractivity contribution is -0.133. The zero-order valence-electron chi connectivity index (χ0n) is 13.6. The Morgan fingerprint density at radius 1 is 1.36 bits per heavy atom. The molecule has 5 nitrogen and oxygen atoms in total. The summed E-state index contributed by atoms with van der Waals surface area (Å²) in [7, 11) is 4.05. The third kappa shape index (κ3) is 4.63. The van der Waals surface area contributed by atoms with E-state index < -0.39 is 0 Å². The molecule has 2 N–H and O–H groups in total. The second-order valence-corrected chi connectivity index (χ2v) is 6.03. The van der Waals surface area contributed by atoms with E-state index in [1.807, 2.05) is 36.2 Å². The van der Waals surface area contributed by atoms with E-state index in [1.54, 1.807) is 0 Å². The van der Waals surface area contributed by atoms with Crippen molar-refractivity contribution in [3.63, 3.8) is 0 Å². The number of nitrogens with zero attached hydrogens (tertiary/aromatic N) is 2. The van der Waals surface area contributed by atoms with Crippen molar-refractivity contribution in [1.82, 2.24) is 9.80 Å². The summed E-state index contributed by atoms with van der Waals surface area (Å²) in [5.41, 5.74) is 6.45. The molecule has 1 heterocycles. The van der Waals surface area contributed by atoms with E-state index in [1.165, 1.54) is 0 Å². The monoisotopic (exact) mass is 305 g/mol. The molecule has 0 aliphatic carbocycles. The van der Waals surface area contributed by atoms with Gasteiger partial charge >= 0.3 is 0 Å². The number of benzene rings is 1. The summed E-state index contributed by atoms with van der Waals surface area (Å²) in [5.74, 6) is 0.901. The van der Waals surface area contributed by atoms with Gasteiger partial charge in [0.1, 0.15) is 5.75 Å². The number of carbonyl (C=O) groups is 1. The molecule has 22 heavy (non-hydrogen) atoms. The van der Waals surface area contributed by atoms with Gasteiger partial charge in [0.15, 0.2) is 0 Å². The highest BCUT2D eigenvalue weighted by atomic mass is 16.5. The van der Waals surface area contributed by atoms with Gasteiger partial charge in [-0.05, 0) is 51.5 Å². The van der Waals surface area contributed by atoms with Gasteiger partial charge in [0.25, 0.3) is 0 Å². The van der Waals surface area contributed by atoms with E-state index in [2.05, 4.69) is 11.9 Å². The van der Waals surface area contributed by atoms with E-state index in [-0.39, 0.29) is 5.91 Å². The van der Waals surface area contributed by atoms with Gasteiger partial charge in [-0.15, -0.1) is 0 Å². The topological polar surface area (TPSA) is 58.8 Å². The number of amides is 1. The van der Waals surface area contributed by atoms with E-state index in [0.717, 1.165) is 25.9 Å². The predicted molar refractivity (Wildman–Crippen MR) is 88.9 cm³/mol. The zero-order valence-corrected chi connectivity index (χ0v) is 13.6. The Morgan fingerprint density at radius 3 is 2.73 bits per heavy atom. The maximum atomic E-state index is 12.2. The maximum absolute atomic E-state index is 12.2. The van der Waals surface area contributed by atoms with E-state index in [9.17, 15) is 4.79 Å². The van der Waals surface area contributed by atoms with Gasteiger partial charge in [-0.2, -0.15) is 0 Å². The number of carbonyl (C=O) groups excluding carboxylic acids is 1. The second kappa shape index (κ2) is 8.03. The molecule has 1 aliphatic rings. The molecule has 122 valence electrons. The third-order valence-corrected chi connectivity index (χ3v) is 4.34. The van der Waals surface area contributed by atoms with Gasteiger partial charge in [0, 0.05) is 19.5 Å². The Hall–Kier alpha value is -1.75. The highest BCUT2D eigenvalue weighted by Crippen LogP contribution is 2.20. The first kappa shape index (κ1) is 16.6. The number of hydrogen-bond donors (Lipinski definition) is 1. The lowest BCUT2D eigenvalue weighted by Crippen LogP contribution is -2.44. The molecule has 0 atom stereocenters. The Bertz CT molecular complexity index is 485. The minimum atomic E-state index is 0.208. The minimum absolute atomic E-state index is 0.208. The standard InChI is InChI=1S/C17H27N3O2/c1-19-11-9-14(10-12-19)20(2)17(21)8-5-13-22-16-7-4-3-6-15(16)18/h3-4,6-7,14H,5,8-13,18H2,1-2H3. The Kier molecular flexibility index (Phi) is 6.07. The van der Waals surface area contributed by atoms with Gasteiger partial charge in [0.05, 0.1) is 12.3 Å². The second-order valence-electron chi connectivity index (χ2n) is 6.03. The molecule has 2 rings (SSSR count). The molecule has 1 aromatic rings. The van der Waals surface area contributed by atoms with Gasteiger partial charge in [-0.3, -0.25) is 4.79 Å². The maximum Gasteiger partial charge on any atom is 0.222 e. The van der Waals surface area contributed by atoms with Gasteiger partial charge < -0.3 is 20.3 Å². The van der Waals surface area contributed by atoms with Crippen molar-refractivity contribution < 1.29 is 9.53 Å². The van der Waals surface area contributed by atoms with Crippen LogP contribution in [0.15, 0.2) is 24.3 Å². The van der Waals surface area contributed by atoms with Gasteiger partial charge in [0.2, 0.25) is 5.91 Å². The molecule has 0 saturated carbocycles. The fourth-order valence-corrected chi connectivity index (χ4v) is 2.78. The van der Waals surface area contributed by atoms with Crippen molar-refractivity contribution in [1.29, 1.82) is 0 Å². The van der Waals surface area contributed by atoms with Crippen LogP contribution in [0.3, 0.4) is 0 Å². The smallest absolute Gasteiger partial charge is 0.222 e. The molecule has 1 aliphatic heterocycles. The van der Waals surface area contributed by atoms with Crippen molar-refractivity contribution in [3.05, 3.63) is 24.3 Å². The number of ether oxygens (including phenoxy) is 1. The van der Waals surface area contributed by atoms with Gasteiger partial charge in [-0.25, -0.2) is 0 Å². The molecular formula is C17H27N3O2. The summed E-state index contributed by atoms with van der Waals surface area (Å²) in [6.07, 6.45) is 3.37. The van der Waals surface area contributed by atoms with Crippen molar-refractivity contribution in [3.8, 4) is 5.75 Å². The highest BCUT2D eigenvalue weighted by molar-refractivity contribution is 5.76. The van der Waals surface area contributed by atoms with Crippen LogP contribution in [0.25, 0.3) is 0 Å². The fraction of sp³-hybridized carbons (Fsp3) is 0.588. The van der Waals surface area contributed by atoms with E-state index >= 15 is 0 Å². The molecule has 1 saturated heterocycles. The summed E-state index contributed by atoms with van der Waals surface area (Å²) in [4.78, 5) is 16.5. The molecule has 1 aromatic carbocycles. The predicted octanol–water partition coefficient (Wildman–Crippen LogP) is 1.98. The lowest BCUT2D eigenvalue weighted by Gasteiger charge is -2.35. The van der Waals surface area contributed by atoms with Crippen LogP contribution in [-0.4, -0.2) is 55.5 Å². The first-order chi connectivity index (χ1) is 10.6. The quantitative estimate of drug-likeness (QED) is 0.645. The Morgan fingerprint density at radius 2 is 2.05 bits per heavy atom. The lowest BCUT2D eigenvalue weighted by atomic mass is 10.0. The number of para-hydroxylation sites is 2. The van der Waals surface area contributed by atoms with Crippen molar-refractivity contribution in [2.24, 2.45) is 0 Å². The summed E-state index contributed by atoms with van der Waals surface area (Å²) < 4.78 is 5.62. The number of nitrogens with two attached hydrogens (primary N) is 1. The first-order valence-corrected chi connectivity index (χ1v) is 7.99.